The SMILES string of the molecule is Cc1ccc(CC(=O)C[C@@](C)(CC(=O)C2CCC(C3Cc4ccccc4CC3=O)CC2)C(=O)C2CCC(C3CCCCC3)CC2)cc1C. The first-order valence-electron chi connectivity index (χ1n) is 19.3. The number of hydrogen-bond donors (Lipinski definition) is 0. The second kappa shape index (κ2) is 15.3. The van der Waals surface area contributed by atoms with Gasteiger partial charge in [0.05, 0.1) is 0 Å². The van der Waals surface area contributed by atoms with E-state index in [-0.39, 0.29) is 47.9 Å². The molecule has 2 atom stereocenters. The molecule has 3 saturated carbocycles. The molecule has 0 saturated heterocycles. The van der Waals surface area contributed by atoms with Crippen LogP contribution in [0, 0.1) is 54.8 Å². The van der Waals surface area contributed by atoms with E-state index in [2.05, 4.69) is 44.2 Å². The van der Waals surface area contributed by atoms with Gasteiger partial charge in [0.25, 0.3) is 0 Å². The highest BCUT2D eigenvalue weighted by Gasteiger charge is 2.44. The lowest BCUT2D eigenvalue weighted by Crippen LogP contribution is -2.41. The Hall–Kier alpha value is -2.88. The van der Waals surface area contributed by atoms with E-state index in [4.69, 9.17) is 0 Å². The molecule has 48 heavy (non-hydrogen) atoms. The van der Waals surface area contributed by atoms with Crippen molar-refractivity contribution in [1.82, 2.24) is 0 Å². The van der Waals surface area contributed by atoms with Gasteiger partial charge in [0, 0.05) is 48.9 Å². The fraction of sp³-hybridized carbons (Fsp3) is 0.636. The third-order valence-corrected chi connectivity index (χ3v) is 13.3. The molecule has 3 fully saturated rings. The highest BCUT2D eigenvalue weighted by molar-refractivity contribution is 5.97. The summed E-state index contributed by atoms with van der Waals surface area (Å²) in [7, 11) is 0. The van der Waals surface area contributed by atoms with E-state index in [0.717, 1.165) is 75.2 Å². The van der Waals surface area contributed by atoms with Gasteiger partial charge in [-0.25, -0.2) is 0 Å². The van der Waals surface area contributed by atoms with E-state index in [1.54, 1.807) is 0 Å². The van der Waals surface area contributed by atoms with Crippen molar-refractivity contribution in [2.24, 2.45) is 40.9 Å². The van der Waals surface area contributed by atoms with E-state index in [0.29, 0.717) is 24.5 Å². The molecule has 6 rings (SSSR count). The van der Waals surface area contributed by atoms with Crippen LogP contribution in [0.15, 0.2) is 42.5 Å². The first-order valence-corrected chi connectivity index (χ1v) is 19.3. The summed E-state index contributed by atoms with van der Waals surface area (Å²) < 4.78 is 0. The van der Waals surface area contributed by atoms with E-state index in [9.17, 15) is 19.2 Å². The third kappa shape index (κ3) is 8.11. The smallest absolute Gasteiger partial charge is 0.142 e. The number of ketones is 4. The van der Waals surface area contributed by atoms with Crippen LogP contribution in [0.3, 0.4) is 0 Å². The molecule has 0 heterocycles. The molecule has 0 amide bonds. The van der Waals surface area contributed by atoms with E-state index in [1.807, 2.05) is 19.1 Å². The summed E-state index contributed by atoms with van der Waals surface area (Å²) in [5.41, 5.74) is 4.85. The maximum Gasteiger partial charge on any atom is 0.142 e. The van der Waals surface area contributed by atoms with Crippen molar-refractivity contribution >= 4 is 23.1 Å². The zero-order valence-electron chi connectivity index (χ0n) is 29.9. The van der Waals surface area contributed by atoms with Gasteiger partial charge in [0.15, 0.2) is 0 Å². The van der Waals surface area contributed by atoms with Gasteiger partial charge in [-0.05, 0) is 117 Å². The van der Waals surface area contributed by atoms with Crippen LogP contribution in [0.1, 0.15) is 131 Å². The van der Waals surface area contributed by atoms with Crippen LogP contribution in [0.25, 0.3) is 0 Å². The molecule has 0 aliphatic heterocycles. The minimum absolute atomic E-state index is 0.0482. The summed E-state index contributed by atoms with van der Waals surface area (Å²) in [6.45, 7) is 6.07. The van der Waals surface area contributed by atoms with Gasteiger partial charge >= 0.3 is 0 Å². The Morgan fingerprint density at radius 1 is 0.688 bits per heavy atom. The van der Waals surface area contributed by atoms with Crippen molar-refractivity contribution in [3.05, 3.63) is 70.3 Å². The van der Waals surface area contributed by atoms with Crippen molar-refractivity contribution in [1.29, 1.82) is 0 Å². The monoisotopic (exact) mass is 650 g/mol. The second-order valence-corrected chi connectivity index (χ2v) is 16.7. The molecule has 2 aromatic rings. The van der Waals surface area contributed by atoms with Crippen molar-refractivity contribution in [3.8, 4) is 0 Å². The molecule has 258 valence electrons. The van der Waals surface area contributed by atoms with Gasteiger partial charge in [0.2, 0.25) is 0 Å². The van der Waals surface area contributed by atoms with Crippen molar-refractivity contribution < 1.29 is 19.2 Å². The summed E-state index contributed by atoms with van der Waals surface area (Å²) in [6, 6.07) is 14.5. The number of hydrogen-bond acceptors (Lipinski definition) is 4. The van der Waals surface area contributed by atoms with Crippen molar-refractivity contribution in [2.75, 3.05) is 0 Å². The molecule has 4 aliphatic rings. The van der Waals surface area contributed by atoms with Crippen LogP contribution in [0.4, 0.5) is 0 Å². The minimum Gasteiger partial charge on any atom is -0.299 e. The Kier molecular flexibility index (Phi) is 11.2. The molecular weight excluding hydrogens is 592 g/mol. The van der Waals surface area contributed by atoms with Crippen LogP contribution in [0.5, 0.6) is 0 Å². The maximum absolute atomic E-state index is 14.5. The number of Topliss-reactive ketones (excluding diaryl/α,β-unsaturated/α-hetero) is 4. The average molecular weight is 651 g/mol. The lowest BCUT2D eigenvalue weighted by Gasteiger charge is -2.39. The number of benzene rings is 2. The maximum atomic E-state index is 14.5. The number of aryl methyl sites for hydroxylation is 2. The van der Waals surface area contributed by atoms with Gasteiger partial charge in [-0.3, -0.25) is 19.2 Å². The lowest BCUT2D eigenvalue weighted by molar-refractivity contribution is -0.142. The molecule has 0 aromatic heterocycles. The highest BCUT2D eigenvalue weighted by Crippen LogP contribution is 2.45. The Bertz CT molecular complexity index is 1480. The first kappa shape index (κ1) is 35.0. The third-order valence-electron chi connectivity index (χ3n) is 13.3. The Morgan fingerprint density at radius 2 is 1.31 bits per heavy atom. The van der Waals surface area contributed by atoms with Crippen LogP contribution in [-0.4, -0.2) is 23.1 Å². The number of carbonyl (C=O) groups excluding carboxylic acids is 4. The molecule has 4 aliphatic carbocycles. The first-order chi connectivity index (χ1) is 23.1. The van der Waals surface area contributed by atoms with Crippen LogP contribution in [-0.2, 0) is 38.4 Å². The van der Waals surface area contributed by atoms with Crippen LogP contribution >= 0.6 is 0 Å². The fourth-order valence-electron chi connectivity index (χ4n) is 10.2. The topological polar surface area (TPSA) is 68.3 Å². The lowest BCUT2D eigenvalue weighted by atomic mass is 9.64. The van der Waals surface area contributed by atoms with Crippen LogP contribution in [0.2, 0.25) is 0 Å². The minimum atomic E-state index is -0.962. The van der Waals surface area contributed by atoms with E-state index < -0.39 is 5.41 Å². The van der Waals surface area contributed by atoms with Gasteiger partial charge in [-0.2, -0.15) is 0 Å². The van der Waals surface area contributed by atoms with Crippen molar-refractivity contribution in [3.63, 3.8) is 0 Å². The Morgan fingerprint density at radius 3 is 2.00 bits per heavy atom. The van der Waals surface area contributed by atoms with Gasteiger partial charge < -0.3 is 0 Å². The summed E-state index contributed by atoms with van der Waals surface area (Å²) >= 11 is 0. The Labute approximate surface area is 289 Å². The average Bonchev–Trinajstić information content (AvgIpc) is 3.09. The second-order valence-electron chi connectivity index (χ2n) is 16.7. The molecule has 2 aromatic carbocycles. The molecular formula is C44H58O4. The molecule has 0 bridgehead atoms. The van der Waals surface area contributed by atoms with E-state index in [1.165, 1.54) is 54.4 Å². The summed E-state index contributed by atoms with van der Waals surface area (Å²) in [4.78, 5) is 55.3. The quantitative estimate of drug-likeness (QED) is 0.243. The number of rotatable bonds is 11. The molecule has 0 N–H and O–H groups in total. The molecule has 0 radical (unpaired) electrons. The number of carbonyl (C=O) groups is 4. The van der Waals surface area contributed by atoms with Gasteiger partial charge in [-0.15, -0.1) is 0 Å². The Balaban J connectivity index is 1.11. The van der Waals surface area contributed by atoms with Crippen molar-refractivity contribution in [2.45, 2.75) is 136 Å². The van der Waals surface area contributed by atoms with Gasteiger partial charge in [0.1, 0.15) is 23.1 Å². The predicted octanol–water partition coefficient (Wildman–Crippen LogP) is 9.52. The zero-order valence-corrected chi connectivity index (χ0v) is 29.9. The summed E-state index contributed by atoms with van der Waals surface area (Å²) in [5.74, 6) is 2.50. The standard InChI is InChI=1S/C44H58O4/c1-29-13-14-31(23-30(29)2)24-39(45)27-44(3,43(48)36-21-15-33(16-22-36)32-9-5-4-6-10-32)28-42(47)35-19-17-34(18-20-35)40-25-37-11-7-8-12-38(37)26-41(40)46/h7-8,11-14,23,32-36,40H,4-6,9-10,15-22,24-28H2,1-3H3/t33?,34?,35?,36?,40?,44-/m0/s1. The number of fused-ring (bicyclic) bond motifs is 1. The van der Waals surface area contributed by atoms with Gasteiger partial charge in [-0.1, -0.05) is 81.5 Å². The predicted molar refractivity (Wildman–Crippen MR) is 192 cm³/mol. The van der Waals surface area contributed by atoms with Crippen LogP contribution < -0.4 is 0 Å². The molecule has 4 nitrogen and oxygen atoms in total. The fourth-order valence-corrected chi connectivity index (χ4v) is 10.2. The summed E-state index contributed by atoms with van der Waals surface area (Å²) in [6.07, 6.45) is 16.0. The van der Waals surface area contributed by atoms with E-state index >= 15 is 0 Å². The summed E-state index contributed by atoms with van der Waals surface area (Å²) in [5, 5.41) is 0. The molecule has 1 unspecified atom stereocenters. The largest absolute Gasteiger partial charge is 0.299 e. The zero-order chi connectivity index (χ0) is 33.8. The highest BCUT2D eigenvalue weighted by atomic mass is 16.1. The molecule has 0 spiro atoms. The molecule has 4 heteroatoms. The normalized spacial score (nSPS) is 27.9.